The van der Waals surface area contributed by atoms with Crippen molar-refractivity contribution in [3.05, 3.63) is 200 Å². The van der Waals surface area contributed by atoms with Gasteiger partial charge in [-0.15, -0.1) is 0 Å². The first-order chi connectivity index (χ1) is 26.8. The Bertz CT molecular complexity index is 1950. The molecule has 0 aliphatic rings. The SMILES string of the molecule is Cc1ccc(I([O][Sb](=[O])([O]I(c2ccc(C)cc2)c2ccc(C(C)C)cc2)[O]I(c2ccc(C)cc2)c2ccc(C(C)C)cc2)c2ccc(C(C)C)cc2)cc1. The van der Waals surface area contributed by atoms with Crippen LogP contribution in [0.2, 0.25) is 0 Å². The van der Waals surface area contributed by atoms with Crippen LogP contribution in [0, 0.1) is 42.2 Å². The summed E-state index contributed by atoms with van der Waals surface area (Å²) in [6, 6.07) is 51.7. The van der Waals surface area contributed by atoms with E-state index >= 15 is 3.02 Å². The van der Waals surface area contributed by atoms with E-state index in [-0.39, 0.29) is 0 Å². The second-order valence-electron chi connectivity index (χ2n) is 14.9. The molecule has 0 heterocycles. The van der Waals surface area contributed by atoms with E-state index in [0.717, 1.165) is 21.4 Å². The molecule has 6 rings (SSSR count). The monoisotopic (exact) mass is 1200 g/mol. The van der Waals surface area contributed by atoms with Crippen LogP contribution in [0.1, 0.15) is 92.7 Å². The van der Waals surface area contributed by atoms with E-state index in [1.807, 2.05) is 0 Å². The Morgan fingerprint density at radius 1 is 0.339 bits per heavy atom. The summed E-state index contributed by atoms with van der Waals surface area (Å²) in [4.78, 5) is 0. The molecule has 0 saturated heterocycles. The zero-order valence-corrected chi connectivity index (χ0v) is 42.8. The van der Waals surface area contributed by atoms with E-state index < -0.39 is 80.8 Å². The molecule has 6 aromatic carbocycles. The zero-order chi connectivity index (χ0) is 40.0. The van der Waals surface area contributed by atoms with Gasteiger partial charge in [-0.2, -0.15) is 0 Å². The summed E-state index contributed by atoms with van der Waals surface area (Å²) in [5, 5.41) is 0. The number of hydrogen-bond acceptors (Lipinski definition) is 4. The molecule has 0 saturated carbocycles. The fraction of sp³-hybridized carbons (Fsp3) is 0.250. The molecule has 0 atom stereocenters. The van der Waals surface area contributed by atoms with Gasteiger partial charge in [-0.1, -0.05) is 0 Å². The number of aryl methyl sites for hydroxylation is 3. The summed E-state index contributed by atoms with van der Waals surface area (Å²) in [5.74, 6) is 1.18. The zero-order valence-electron chi connectivity index (χ0n) is 33.8. The molecule has 0 unspecified atom stereocenters. The van der Waals surface area contributed by atoms with Gasteiger partial charge in [-0.05, 0) is 0 Å². The molecular formula is C48H54I3O4Sb. The van der Waals surface area contributed by atoms with Gasteiger partial charge in [0.05, 0.1) is 0 Å². The first kappa shape index (κ1) is 43.6. The van der Waals surface area contributed by atoms with Crippen LogP contribution in [-0.4, -0.2) is 20.1 Å². The molecule has 0 N–H and O–H groups in total. The third-order valence-corrected chi connectivity index (χ3v) is 40.7. The van der Waals surface area contributed by atoms with Gasteiger partial charge in [0.25, 0.3) is 0 Å². The standard InChI is InChI=1S/3C16H18IO.O.Sb/c3*1-12(2)14-6-10-16(11-7-14)17(18)15-8-4-13(3)5-9-15;;/h3*4-12H,1-3H3;;/q3*-1;;+3. The molecule has 0 fully saturated rings. The fourth-order valence-electron chi connectivity index (χ4n) is 5.73. The van der Waals surface area contributed by atoms with E-state index in [2.05, 4.69) is 208 Å². The minimum atomic E-state index is -5.66. The fourth-order valence-corrected chi connectivity index (χ4v) is 45.3. The van der Waals surface area contributed by atoms with Crippen molar-refractivity contribution in [3.8, 4) is 0 Å². The Morgan fingerprint density at radius 3 is 0.696 bits per heavy atom. The number of halogens is 3. The Balaban J connectivity index is 1.53. The molecule has 8 heteroatoms. The summed E-state index contributed by atoms with van der Waals surface area (Å²) in [5.41, 5.74) is 7.27. The van der Waals surface area contributed by atoms with Crippen LogP contribution in [0.4, 0.5) is 0 Å². The van der Waals surface area contributed by atoms with Crippen LogP contribution < -0.4 is 0 Å². The summed E-state index contributed by atoms with van der Waals surface area (Å²) >= 11 is -14.3. The van der Waals surface area contributed by atoms with E-state index in [9.17, 15) is 0 Å². The van der Waals surface area contributed by atoms with Crippen LogP contribution in [0.25, 0.3) is 0 Å². The van der Waals surface area contributed by atoms with Crippen LogP contribution >= 0.6 is 60.7 Å². The van der Waals surface area contributed by atoms with Crippen molar-refractivity contribution in [2.75, 3.05) is 0 Å². The maximum absolute atomic E-state index is 16.4. The van der Waals surface area contributed by atoms with Crippen LogP contribution in [0.3, 0.4) is 0 Å². The molecule has 0 bridgehead atoms. The molecular weight excluding hydrogens is 1140 g/mol. The molecule has 6 aromatic rings. The average molecular weight is 1200 g/mol. The van der Waals surface area contributed by atoms with Gasteiger partial charge in [-0.25, -0.2) is 0 Å². The third-order valence-electron chi connectivity index (χ3n) is 9.29. The van der Waals surface area contributed by atoms with Crippen LogP contribution in [0.5, 0.6) is 0 Å². The normalized spacial score (nSPS) is 12.7. The van der Waals surface area contributed by atoms with Crippen molar-refractivity contribution in [3.63, 3.8) is 0 Å². The van der Waals surface area contributed by atoms with Crippen molar-refractivity contribution in [2.45, 2.75) is 80.1 Å². The first-order valence-corrected chi connectivity index (χ1v) is 32.4. The van der Waals surface area contributed by atoms with Crippen LogP contribution in [0.15, 0.2) is 146 Å². The predicted molar refractivity (Wildman–Crippen MR) is 259 cm³/mol. The number of benzene rings is 6. The third kappa shape index (κ3) is 11.4. The van der Waals surface area contributed by atoms with Gasteiger partial charge in [0.2, 0.25) is 0 Å². The maximum atomic E-state index is 16.4. The molecule has 0 aromatic heterocycles. The average Bonchev–Trinajstić information content (AvgIpc) is 3.19. The van der Waals surface area contributed by atoms with Crippen molar-refractivity contribution < 1.29 is 7.05 Å². The topological polar surface area (TPSA) is 44.8 Å². The molecule has 0 spiro atoms. The summed E-state index contributed by atoms with van der Waals surface area (Å²) in [7, 11) is 0. The Morgan fingerprint density at radius 2 is 0.518 bits per heavy atom. The number of rotatable bonds is 15. The van der Waals surface area contributed by atoms with Gasteiger partial charge >= 0.3 is 368 Å². The number of hydrogen-bond donors (Lipinski definition) is 0. The molecule has 56 heavy (non-hydrogen) atoms. The Kier molecular flexibility index (Phi) is 15.4. The second-order valence-corrected chi connectivity index (χ2v) is 38.3. The van der Waals surface area contributed by atoms with Crippen molar-refractivity contribution in [1.29, 1.82) is 0 Å². The molecule has 0 radical (unpaired) electrons. The summed E-state index contributed by atoms with van der Waals surface area (Å²) in [6.07, 6.45) is 0. The van der Waals surface area contributed by atoms with E-state index in [4.69, 9.17) is 4.03 Å². The summed E-state index contributed by atoms with van der Waals surface area (Å²) < 4.78 is 44.7. The van der Waals surface area contributed by atoms with Crippen LogP contribution in [-0.2, 0) is 7.05 Å². The molecule has 0 aliphatic carbocycles. The van der Waals surface area contributed by atoms with Gasteiger partial charge in [0.15, 0.2) is 0 Å². The van der Waals surface area contributed by atoms with Crippen molar-refractivity contribution >= 4 is 80.8 Å². The van der Waals surface area contributed by atoms with Gasteiger partial charge in [-0.3, -0.25) is 0 Å². The van der Waals surface area contributed by atoms with Gasteiger partial charge in [0.1, 0.15) is 0 Å². The van der Waals surface area contributed by atoms with E-state index in [0.29, 0.717) is 17.8 Å². The van der Waals surface area contributed by atoms with E-state index in [1.165, 1.54) is 33.4 Å². The molecule has 0 aliphatic heterocycles. The van der Waals surface area contributed by atoms with Gasteiger partial charge in [0, 0.05) is 0 Å². The molecule has 0 amide bonds. The van der Waals surface area contributed by atoms with Crippen molar-refractivity contribution in [2.24, 2.45) is 0 Å². The Hall–Kier alpha value is -1.99. The van der Waals surface area contributed by atoms with Gasteiger partial charge < -0.3 is 0 Å². The first-order valence-electron chi connectivity index (χ1n) is 19.1. The minimum absolute atomic E-state index is 0.392. The van der Waals surface area contributed by atoms with Crippen molar-refractivity contribution in [1.82, 2.24) is 0 Å². The van der Waals surface area contributed by atoms with E-state index in [1.54, 1.807) is 0 Å². The molecule has 4 nitrogen and oxygen atoms in total. The Labute approximate surface area is 364 Å². The summed E-state index contributed by atoms with van der Waals surface area (Å²) in [6.45, 7) is 19.5. The quantitative estimate of drug-likeness (QED) is 0.0759. The molecule has 296 valence electrons. The second kappa shape index (κ2) is 19.8. The predicted octanol–water partition coefficient (Wildman–Crippen LogP) is 14.7.